The maximum Gasteiger partial charge on any atom is 0.313 e. The van der Waals surface area contributed by atoms with Crippen molar-refractivity contribution in [3.63, 3.8) is 0 Å². The third-order valence-corrected chi connectivity index (χ3v) is 2.49. The number of amides is 2. The molecule has 0 atom stereocenters. The third kappa shape index (κ3) is 4.31. The topological polar surface area (TPSA) is 82.0 Å². The van der Waals surface area contributed by atoms with Crippen molar-refractivity contribution in [1.82, 2.24) is 5.32 Å². The molecule has 0 aliphatic rings. The highest BCUT2D eigenvalue weighted by molar-refractivity contribution is 8.03. The minimum absolute atomic E-state index is 0.240. The Balaban J connectivity index is 2.56. The number of nitrogens with one attached hydrogen (secondary N) is 2. The molecule has 0 fully saturated rings. The molecular formula is C12H11N3O2S. The van der Waals surface area contributed by atoms with E-state index in [9.17, 15) is 9.59 Å². The van der Waals surface area contributed by atoms with Gasteiger partial charge in [-0.25, -0.2) is 0 Å². The molecule has 92 valence electrons. The van der Waals surface area contributed by atoms with E-state index in [1.807, 2.05) is 5.40 Å². The van der Waals surface area contributed by atoms with Crippen LogP contribution in [0.15, 0.2) is 41.8 Å². The van der Waals surface area contributed by atoms with Gasteiger partial charge in [-0.15, -0.1) is 6.58 Å². The summed E-state index contributed by atoms with van der Waals surface area (Å²) in [5.41, 5.74) is 0.496. The smallest absolute Gasteiger partial charge is 0.313 e. The van der Waals surface area contributed by atoms with Crippen LogP contribution in [0.3, 0.4) is 0 Å². The molecule has 2 amide bonds. The molecule has 0 heterocycles. The highest BCUT2D eigenvalue weighted by Crippen LogP contribution is 2.18. The van der Waals surface area contributed by atoms with Gasteiger partial charge in [0.2, 0.25) is 0 Å². The van der Waals surface area contributed by atoms with Crippen molar-refractivity contribution in [2.75, 3.05) is 11.9 Å². The maximum absolute atomic E-state index is 11.4. The summed E-state index contributed by atoms with van der Waals surface area (Å²) in [4.78, 5) is 23.4. The van der Waals surface area contributed by atoms with Gasteiger partial charge in [0.1, 0.15) is 5.40 Å². The number of hydrogen-bond donors (Lipinski definition) is 2. The Hall–Kier alpha value is -2.26. The lowest BCUT2D eigenvalue weighted by atomic mass is 10.3. The number of thioether (sulfide) groups is 1. The normalized spacial score (nSPS) is 9.06. The molecule has 1 aromatic rings. The van der Waals surface area contributed by atoms with E-state index in [-0.39, 0.29) is 6.54 Å². The Bertz CT molecular complexity index is 491. The SMILES string of the molecule is C=CCNC(=O)C(=O)Nc1ccc(SC#N)cc1. The second kappa shape index (κ2) is 7.14. The van der Waals surface area contributed by atoms with Crippen molar-refractivity contribution < 1.29 is 9.59 Å². The van der Waals surface area contributed by atoms with Gasteiger partial charge >= 0.3 is 11.8 Å². The largest absolute Gasteiger partial charge is 0.344 e. The van der Waals surface area contributed by atoms with E-state index in [4.69, 9.17) is 5.26 Å². The summed E-state index contributed by atoms with van der Waals surface area (Å²) in [7, 11) is 0. The molecule has 0 unspecified atom stereocenters. The van der Waals surface area contributed by atoms with Gasteiger partial charge in [-0.05, 0) is 36.0 Å². The van der Waals surface area contributed by atoms with Crippen LogP contribution in [0.1, 0.15) is 0 Å². The zero-order chi connectivity index (χ0) is 13.4. The minimum Gasteiger partial charge on any atom is -0.344 e. The van der Waals surface area contributed by atoms with Gasteiger partial charge in [-0.3, -0.25) is 9.59 Å². The first-order valence-electron chi connectivity index (χ1n) is 5.03. The summed E-state index contributed by atoms with van der Waals surface area (Å²) in [6.07, 6.45) is 1.49. The Labute approximate surface area is 109 Å². The molecule has 1 aromatic carbocycles. The van der Waals surface area contributed by atoms with E-state index in [0.717, 1.165) is 16.7 Å². The molecule has 0 aliphatic carbocycles. The average Bonchev–Trinajstić information content (AvgIpc) is 2.38. The van der Waals surface area contributed by atoms with Gasteiger partial charge in [0.25, 0.3) is 0 Å². The molecule has 5 nitrogen and oxygen atoms in total. The molecule has 1 rings (SSSR count). The summed E-state index contributed by atoms with van der Waals surface area (Å²) in [5.74, 6) is -1.46. The number of thiocyanates is 1. The van der Waals surface area contributed by atoms with E-state index in [1.165, 1.54) is 6.08 Å². The van der Waals surface area contributed by atoms with E-state index >= 15 is 0 Å². The Kier molecular flexibility index (Phi) is 5.48. The van der Waals surface area contributed by atoms with E-state index in [0.29, 0.717) is 5.69 Å². The molecule has 0 bridgehead atoms. The summed E-state index contributed by atoms with van der Waals surface area (Å²) in [6.45, 7) is 3.67. The number of carbonyl (C=O) groups excluding carboxylic acids is 2. The predicted molar refractivity (Wildman–Crippen MR) is 69.7 cm³/mol. The van der Waals surface area contributed by atoms with Crippen molar-refractivity contribution in [3.05, 3.63) is 36.9 Å². The van der Waals surface area contributed by atoms with Gasteiger partial charge in [0, 0.05) is 17.1 Å². The fourth-order valence-corrected chi connectivity index (χ4v) is 1.47. The van der Waals surface area contributed by atoms with Crippen LogP contribution in [-0.4, -0.2) is 18.4 Å². The van der Waals surface area contributed by atoms with Crippen molar-refractivity contribution in [2.24, 2.45) is 0 Å². The van der Waals surface area contributed by atoms with Crippen LogP contribution in [0.2, 0.25) is 0 Å². The third-order valence-electron chi connectivity index (χ3n) is 1.89. The number of nitrogens with zero attached hydrogens (tertiary/aromatic N) is 1. The molecule has 0 radical (unpaired) electrons. The monoisotopic (exact) mass is 261 g/mol. The molecule has 2 N–H and O–H groups in total. The van der Waals surface area contributed by atoms with Gasteiger partial charge in [-0.1, -0.05) is 6.08 Å². The number of anilines is 1. The number of nitriles is 1. The molecule has 0 spiro atoms. The lowest BCUT2D eigenvalue weighted by Crippen LogP contribution is -2.35. The van der Waals surface area contributed by atoms with Gasteiger partial charge in [0.15, 0.2) is 0 Å². The zero-order valence-electron chi connectivity index (χ0n) is 9.47. The van der Waals surface area contributed by atoms with Crippen LogP contribution in [0.25, 0.3) is 0 Å². The van der Waals surface area contributed by atoms with Crippen LogP contribution in [0.4, 0.5) is 5.69 Å². The van der Waals surface area contributed by atoms with E-state index in [2.05, 4.69) is 17.2 Å². The molecule has 18 heavy (non-hydrogen) atoms. The number of carbonyl (C=O) groups is 2. The van der Waals surface area contributed by atoms with Crippen LogP contribution < -0.4 is 10.6 Å². The van der Waals surface area contributed by atoms with Gasteiger partial charge in [-0.2, -0.15) is 5.26 Å². The van der Waals surface area contributed by atoms with Crippen molar-refractivity contribution >= 4 is 29.3 Å². The molecular weight excluding hydrogens is 250 g/mol. The zero-order valence-corrected chi connectivity index (χ0v) is 10.3. The minimum atomic E-state index is -0.738. The summed E-state index contributed by atoms with van der Waals surface area (Å²) in [6, 6.07) is 6.62. The van der Waals surface area contributed by atoms with Crippen LogP contribution in [0.5, 0.6) is 0 Å². The number of hydrogen-bond acceptors (Lipinski definition) is 4. The lowest BCUT2D eigenvalue weighted by molar-refractivity contribution is -0.136. The van der Waals surface area contributed by atoms with Crippen LogP contribution >= 0.6 is 11.8 Å². The van der Waals surface area contributed by atoms with Crippen molar-refractivity contribution in [1.29, 1.82) is 5.26 Å². The number of rotatable bonds is 4. The molecule has 0 saturated heterocycles. The quantitative estimate of drug-likeness (QED) is 0.372. The second-order valence-corrected chi connectivity index (χ2v) is 4.03. The lowest BCUT2D eigenvalue weighted by Gasteiger charge is -2.05. The average molecular weight is 261 g/mol. The maximum atomic E-state index is 11.4. The van der Waals surface area contributed by atoms with Crippen molar-refractivity contribution in [2.45, 2.75) is 4.90 Å². The Morgan fingerprint density at radius 3 is 2.56 bits per heavy atom. The Morgan fingerprint density at radius 2 is 2.00 bits per heavy atom. The Morgan fingerprint density at radius 1 is 1.33 bits per heavy atom. The van der Waals surface area contributed by atoms with E-state index < -0.39 is 11.8 Å². The first-order valence-corrected chi connectivity index (χ1v) is 5.85. The first kappa shape index (κ1) is 13.8. The number of benzene rings is 1. The van der Waals surface area contributed by atoms with Crippen molar-refractivity contribution in [3.8, 4) is 5.40 Å². The highest BCUT2D eigenvalue weighted by atomic mass is 32.2. The molecule has 0 saturated carbocycles. The molecule has 0 aliphatic heterocycles. The fraction of sp³-hybridized carbons (Fsp3) is 0.0833. The van der Waals surface area contributed by atoms with Gasteiger partial charge in [0.05, 0.1) is 0 Å². The summed E-state index contributed by atoms with van der Waals surface area (Å²) < 4.78 is 0. The summed E-state index contributed by atoms with van der Waals surface area (Å²) >= 11 is 1.02. The van der Waals surface area contributed by atoms with E-state index in [1.54, 1.807) is 24.3 Å². The fourth-order valence-electron chi connectivity index (χ4n) is 1.09. The van der Waals surface area contributed by atoms with Crippen LogP contribution in [0, 0.1) is 10.7 Å². The summed E-state index contributed by atoms with van der Waals surface area (Å²) in [5, 5.41) is 15.2. The second-order valence-electron chi connectivity index (χ2n) is 3.17. The predicted octanol–water partition coefficient (Wildman–Crippen LogP) is 1.50. The van der Waals surface area contributed by atoms with Crippen LogP contribution in [-0.2, 0) is 9.59 Å². The standard InChI is InChI=1S/C12H11N3O2S/c1-2-7-14-11(16)12(17)15-9-3-5-10(6-4-9)18-8-13/h2-6H,1,7H2,(H,14,16)(H,15,17). The molecule has 0 aromatic heterocycles. The first-order chi connectivity index (χ1) is 8.67. The molecule has 6 heteroatoms. The van der Waals surface area contributed by atoms with Gasteiger partial charge < -0.3 is 10.6 Å². The highest BCUT2D eigenvalue weighted by Gasteiger charge is 2.12.